The lowest BCUT2D eigenvalue weighted by Crippen LogP contribution is -2.02. The summed E-state index contributed by atoms with van der Waals surface area (Å²) >= 11 is 12.7. The summed E-state index contributed by atoms with van der Waals surface area (Å²) in [5.41, 5.74) is 1.10. The molecule has 0 heterocycles. The van der Waals surface area contributed by atoms with Crippen LogP contribution in [0.4, 0.5) is 0 Å². The summed E-state index contributed by atoms with van der Waals surface area (Å²) < 4.78 is 6.59. The SMILES string of the molecule is COc1ccc(C(=O)c2cc(Cl)ccc2Br)cc1Br. The first-order valence-corrected chi connectivity index (χ1v) is 7.32. The number of carbonyl (C=O) groups is 1. The number of rotatable bonds is 3. The van der Waals surface area contributed by atoms with Crippen LogP contribution in [0.2, 0.25) is 5.02 Å². The maximum Gasteiger partial charge on any atom is 0.194 e. The average Bonchev–Trinajstić information content (AvgIpc) is 2.40. The van der Waals surface area contributed by atoms with E-state index in [2.05, 4.69) is 31.9 Å². The maximum absolute atomic E-state index is 12.4. The lowest BCUT2D eigenvalue weighted by Gasteiger charge is -2.07. The van der Waals surface area contributed by atoms with Gasteiger partial charge >= 0.3 is 0 Å². The van der Waals surface area contributed by atoms with E-state index in [9.17, 15) is 4.79 Å². The molecular weight excluding hydrogens is 395 g/mol. The number of ketones is 1. The van der Waals surface area contributed by atoms with Gasteiger partial charge in [0.15, 0.2) is 5.78 Å². The van der Waals surface area contributed by atoms with Gasteiger partial charge in [0.1, 0.15) is 5.75 Å². The molecule has 0 N–H and O–H groups in total. The molecule has 2 rings (SSSR count). The predicted octanol–water partition coefficient (Wildman–Crippen LogP) is 5.10. The van der Waals surface area contributed by atoms with Crippen molar-refractivity contribution in [1.29, 1.82) is 0 Å². The van der Waals surface area contributed by atoms with Crippen LogP contribution >= 0.6 is 43.5 Å². The molecule has 0 radical (unpaired) electrons. The third kappa shape index (κ3) is 3.19. The smallest absolute Gasteiger partial charge is 0.194 e. The van der Waals surface area contributed by atoms with E-state index in [-0.39, 0.29) is 5.78 Å². The normalized spacial score (nSPS) is 10.3. The average molecular weight is 404 g/mol. The zero-order valence-electron chi connectivity index (χ0n) is 9.91. The molecule has 5 heteroatoms. The molecule has 0 amide bonds. The van der Waals surface area contributed by atoms with Crippen molar-refractivity contribution in [2.24, 2.45) is 0 Å². The van der Waals surface area contributed by atoms with Gasteiger partial charge in [-0.25, -0.2) is 0 Å². The Bertz CT molecular complexity index is 641. The highest BCUT2D eigenvalue weighted by atomic mass is 79.9. The van der Waals surface area contributed by atoms with Crippen molar-refractivity contribution in [1.82, 2.24) is 0 Å². The van der Waals surface area contributed by atoms with Gasteiger partial charge in [0.05, 0.1) is 11.6 Å². The van der Waals surface area contributed by atoms with Gasteiger partial charge in [0, 0.05) is 20.6 Å². The Morgan fingerprint density at radius 2 is 1.84 bits per heavy atom. The van der Waals surface area contributed by atoms with Crippen molar-refractivity contribution < 1.29 is 9.53 Å². The summed E-state index contributed by atoms with van der Waals surface area (Å²) in [5.74, 6) is 0.583. The molecule has 2 nitrogen and oxygen atoms in total. The molecule has 0 aliphatic rings. The van der Waals surface area contributed by atoms with Gasteiger partial charge in [-0.15, -0.1) is 0 Å². The number of hydrogen-bond donors (Lipinski definition) is 0. The van der Waals surface area contributed by atoms with Crippen LogP contribution in [0.5, 0.6) is 5.75 Å². The number of methoxy groups -OCH3 is 1. The standard InChI is InChI=1S/C14H9Br2ClO2/c1-19-13-5-2-8(6-12(13)16)14(18)10-7-9(17)3-4-11(10)15/h2-7H,1H3. The van der Waals surface area contributed by atoms with E-state index in [0.717, 1.165) is 4.47 Å². The zero-order valence-corrected chi connectivity index (χ0v) is 13.8. The van der Waals surface area contributed by atoms with E-state index in [0.29, 0.717) is 26.4 Å². The van der Waals surface area contributed by atoms with Gasteiger partial charge in [-0.3, -0.25) is 4.79 Å². The molecule has 0 aliphatic heterocycles. The highest BCUT2D eigenvalue weighted by molar-refractivity contribution is 9.10. The Morgan fingerprint density at radius 3 is 2.47 bits per heavy atom. The van der Waals surface area contributed by atoms with E-state index >= 15 is 0 Å². The summed E-state index contributed by atoms with van der Waals surface area (Å²) in [4.78, 5) is 12.4. The minimum atomic E-state index is -0.0993. The molecule has 0 bridgehead atoms. The monoisotopic (exact) mass is 402 g/mol. The summed E-state index contributed by atoms with van der Waals surface area (Å²) in [5, 5.41) is 0.527. The van der Waals surface area contributed by atoms with Crippen molar-refractivity contribution in [2.45, 2.75) is 0 Å². The fourth-order valence-electron chi connectivity index (χ4n) is 1.63. The molecule has 0 saturated carbocycles. The number of halogens is 3. The molecule has 2 aromatic carbocycles. The van der Waals surface area contributed by atoms with E-state index in [4.69, 9.17) is 16.3 Å². The van der Waals surface area contributed by atoms with E-state index in [1.807, 2.05) is 0 Å². The first-order valence-electron chi connectivity index (χ1n) is 5.36. The molecule has 0 unspecified atom stereocenters. The zero-order chi connectivity index (χ0) is 14.0. The summed E-state index contributed by atoms with van der Waals surface area (Å²) in [6, 6.07) is 10.3. The van der Waals surface area contributed by atoms with Crippen LogP contribution in [0.25, 0.3) is 0 Å². The van der Waals surface area contributed by atoms with Crippen molar-refractivity contribution in [2.75, 3.05) is 7.11 Å². The van der Waals surface area contributed by atoms with Gasteiger partial charge < -0.3 is 4.74 Å². The molecule has 0 saturated heterocycles. The Kier molecular flexibility index (Phi) is 4.66. The molecule has 98 valence electrons. The Hall–Kier alpha value is -0.840. The first kappa shape index (κ1) is 14.6. The van der Waals surface area contributed by atoms with Gasteiger partial charge in [-0.05, 0) is 52.3 Å². The molecule has 2 aromatic rings. The molecule has 19 heavy (non-hydrogen) atoms. The number of ether oxygens (including phenoxy) is 1. The minimum absolute atomic E-state index is 0.0993. The molecule has 0 fully saturated rings. The predicted molar refractivity (Wildman–Crippen MR) is 83.3 cm³/mol. The van der Waals surface area contributed by atoms with Gasteiger partial charge in [0.2, 0.25) is 0 Å². The lowest BCUT2D eigenvalue weighted by atomic mass is 10.0. The minimum Gasteiger partial charge on any atom is -0.496 e. The van der Waals surface area contributed by atoms with E-state index < -0.39 is 0 Å². The van der Waals surface area contributed by atoms with Gasteiger partial charge in [-0.1, -0.05) is 27.5 Å². The van der Waals surface area contributed by atoms with E-state index in [1.165, 1.54) is 0 Å². The third-order valence-corrected chi connectivity index (χ3v) is 4.13. The largest absolute Gasteiger partial charge is 0.496 e. The second kappa shape index (κ2) is 6.07. The maximum atomic E-state index is 12.4. The third-order valence-electron chi connectivity index (χ3n) is 2.59. The molecule has 0 aliphatic carbocycles. The van der Waals surface area contributed by atoms with Crippen LogP contribution in [0.15, 0.2) is 45.3 Å². The molecular formula is C14H9Br2ClO2. The van der Waals surface area contributed by atoms with Crippen molar-refractivity contribution in [3.63, 3.8) is 0 Å². The second-order valence-electron chi connectivity index (χ2n) is 3.80. The fourth-order valence-corrected chi connectivity index (χ4v) is 2.77. The van der Waals surface area contributed by atoms with Crippen molar-refractivity contribution in [3.8, 4) is 5.75 Å². The van der Waals surface area contributed by atoms with Crippen LogP contribution in [-0.4, -0.2) is 12.9 Å². The highest BCUT2D eigenvalue weighted by Crippen LogP contribution is 2.29. The summed E-state index contributed by atoms with van der Waals surface area (Å²) in [6.45, 7) is 0. The number of hydrogen-bond acceptors (Lipinski definition) is 2. The summed E-state index contributed by atoms with van der Waals surface area (Å²) in [6.07, 6.45) is 0. The Balaban J connectivity index is 2.44. The number of carbonyl (C=O) groups excluding carboxylic acids is 1. The van der Waals surface area contributed by atoms with Crippen LogP contribution in [0.1, 0.15) is 15.9 Å². The van der Waals surface area contributed by atoms with Crippen LogP contribution in [0.3, 0.4) is 0 Å². The Morgan fingerprint density at radius 1 is 1.11 bits per heavy atom. The second-order valence-corrected chi connectivity index (χ2v) is 5.95. The molecule has 0 atom stereocenters. The molecule has 0 aromatic heterocycles. The quantitative estimate of drug-likeness (QED) is 0.665. The molecule has 0 spiro atoms. The van der Waals surface area contributed by atoms with Crippen molar-refractivity contribution >= 4 is 49.2 Å². The van der Waals surface area contributed by atoms with Gasteiger partial charge in [-0.2, -0.15) is 0 Å². The Labute approximate surface area is 133 Å². The van der Waals surface area contributed by atoms with E-state index in [1.54, 1.807) is 43.5 Å². The highest BCUT2D eigenvalue weighted by Gasteiger charge is 2.14. The van der Waals surface area contributed by atoms with Gasteiger partial charge in [0.25, 0.3) is 0 Å². The first-order chi connectivity index (χ1) is 9.02. The topological polar surface area (TPSA) is 26.3 Å². The fraction of sp³-hybridized carbons (Fsp3) is 0.0714. The van der Waals surface area contributed by atoms with Crippen LogP contribution in [0, 0.1) is 0 Å². The lowest BCUT2D eigenvalue weighted by molar-refractivity contribution is 0.103. The summed E-state index contributed by atoms with van der Waals surface area (Å²) in [7, 11) is 1.58. The van der Waals surface area contributed by atoms with Crippen LogP contribution in [-0.2, 0) is 0 Å². The van der Waals surface area contributed by atoms with Crippen LogP contribution < -0.4 is 4.74 Å². The number of benzene rings is 2. The van der Waals surface area contributed by atoms with Crippen molar-refractivity contribution in [3.05, 3.63) is 61.5 Å².